The first kappa shape index (κ1) is 13.2. The van der Waals surface area contributed by atoms with Crippen LogP contribution in [-0.4, -0.2) is 40.7 Å². The number of aliphatic hydroxyl groups excluding tert-OH is 1. The Bertz CT molecular complexity index is 566. The number of aliphatic hydroxyl groups is 1. The first-order valence-corrected chi connectivity index (χ1v) is 7.69. The zero-order valence-electron chi connectivity index (χ0n) is 10.9. The maximum absolute atomic E-state index is 9.36. The highest BCUT2D eigenvalue weighted by Gasteiger charge is 2.23. The predicted octanol–water partition coefficient (Wildman–Crippen LogP) is 2.93. The number of nitrogens with one attached hydrogen (secondary N) is 1. The molecule has 1 aliphatic heterocycles. The van der Waals surface area contributed by atoms with Crippen molar-refractivity contribution >= 4 is 26.8 Å². The van der Waals surface area contributed by atoms with Gasteiger partial charge in [0.2, 0.25) is 0 Å². The molecule has 2 heterocycles. The van der Waals surface area contributed by atoms with Crippen molar-refractivity contribution in [1.29, 1.82) is 0 Å². The van der Waals surface area contributed by atoms with Gasteiger partial charge in [-0.1, -0.05) is 18.2 Å². The minimum Gasteiger partial charge on any atom is -0.395 e. The van der Waals surface area contributed by atoms with Crippen molar-refractivity contribution in [2.75, 3.05) is 19.7 Å². The molecule has 1 aromatic carbocycles. The number of aromatic amines is 1. The number of nitrogens with zero attached hydrogens (tertiary/aromatic N) is 1. The van der Waals surface area contributed by atoms with Gasteiger partial charge in [-0.3, -0.25) is 4.90 Å². The molecule has 1 atom stereocenters. The molecular weight excluding hydrogens is 304 g/mol. The number of halogens is 1. The number of H-pyrrole nitrogens is 1. The molecule has 0 unspecified atom stereocenters. The quantitative estimate of drug-likeness (QED) is 0.908. The molecule has 0 spiro atoms. The Morgan fingerprint density at radius 3 is 3.05 bits per heavy atom. The number of fused-ring (bicyclic) bond motifs is 1. The molecule has 19 heavy (non-hydrogen) atoms. The highest BCUT2D eigenvalue weighted by Crippen LogP contribution is 2.27. The Morgan fingerprint density at radius 2 is 2.21 bits per heavy atom. The van der Waals surface area contributed by atoms with Crippen LogP contribution in [0.4, 0.5) is 0 Å². The molecule has 4 heteroatoms. The second-order valence-corrected chi connectivity index (χ2v) is 6.02. The second-order valence-electron chi connectivity index (χ2n) is 5.23. The van der Waals surface area contributed by atoms with Crippen LogP contribution in [0.2, 0.25) is 0 Å². The lowest BCUT2D eigenvalue weighted by atomic mass is 10.1. The van der Waals surface area contributed by atoms with Gasteiger partial charge < -0.3 is 10.1 Å². The van der Waals surface area contributed by atoms with E-state index in [9.17, 15) is 5.11 Å². The third-order valence-electron chi connectivity index (χ3n) is 4.12. The van der Waals surface area contributed by atoms with Crippen LogP contribution in [0.3, 0.4) is 0 Å². The van der Waals surface area contributed by atoms with Crippen molar-refractivity contribution < 1.29 is 5.11 Å². The van der Waals surface area contributed by atoms with E-state index in [1.54, 1.807) is 0 Å². The van der Waals surface area contributed by atoms with Gasteiger partial charge in [-0.15, -0.1) is 0 Å². The van der Waals surface area contributed by atoms with Gasteiger partial charge in [0.05, 0.1) is 11.2 Å². The van der Waals surface area contributed by atoms with Gasteiger partial charge in [0.15, 0.2) is 0 Å². The zero-order valence-corrected chi connectivity index (χ0v) is 12.5. The van der Waals surface area contributed by atoms with Crippen LogP contribution in [-0.2, 0) is 6.42 Å². The summed E-state index contributed by atoms with van der Waals surface area (Å²) in [7, 11) is 0. The molecule has 1 aliphatic rings. The lowest BCUT2D eigenvalue weighted by Crippen LogP contribution is -2.33. The van der Waals surface area contributed by atoms with Gasteiger partial charge in [-0.2, -0.15) is 0 Å². The van der Waals surface area contributed by atoms with Crippen molar-refractivity contribution in [3.05, 3.63) is 34.4 Å². The molecule has 1 fully saturated rings. The van der Waals surface area contributed by atoms with E-state index in [-0.39, 0.29) is 6.61 Å². The van der Waals surface area contributed by atoms with E-state index in [1.807, 2.05) is 0 Å². The average molecular weight is 323 g/mol. The van der Waals surface area contributed by atoms with Crippen LogP contribution in [0, 0.1) is 0 Å². The number of para-hydroxylation sites is 1. The first-order chi connectivity index (χ1) is 9.29. The SMILES string of the molecule is OC[C@@H]1CCCN1CCc1c(Br)[nH]c2ccccc12. The molecule has 102 valence electrons. The highest BCUT2D eigenvalue weighted by atomic mass is 79.9. The maximum atomic E-state index is 9.36. The Kier molecular flexibility index (Phi) is 3.91. The summed E-state index contributed by atoms with van der Waals surface area (Å²) in [4.78, 5) is 5.79. The smallest absolute Gasteiger partial charge is 0.0863 e. The summed E-state index contributed by atoms with van der Waals surface area (Å²) in [5, 5.41) is 10.7. The summed E-state index contributed by atoms with van der Waals surface area (Å²) in [6.45, 7) is 2.42. The fourth-order valence-corrected chi connectivity index (χ4v) is 3.69. The average Bonchev–Trinajstić information content (AvgIpc) is 2.99. The van der Waals surface area contributed by atoms with E-state index in [0.29, 0.717) is 6.04 Å². The van der Waals surface area contributed by atoms with Crippen LogP contribution in [0.1, 0.15) is 18.4 Å². The Morgan fingerprint density at radius 1 is 1.37 bits per heavy atom. The molecule has 1 saturated heterocycles. The molecule has 3 nitrogen and oxygen atoms in total. The number of rotatable bonds is 4. The molecule has 0 saturated carbocycles. The fraction of sp³-hybridized carbons (Fsp3) is 0.467. The normalized spacial score (nSPS) is 20.4. The van der Waals surface area contributed by atoms with Crippen LogP contribution in [0.25, 0.3) is 10.9 Å². The number of hydrogen-bond donors (Lipinski definition) is 2. The first-order valence-electron chi connectivity index (χ1n) is 6.89. The lowest BCUT2D eigenvalue weighted by molar-refractivity contribution is 0.160. The standard InChI is InChI=1S/C15H19BrN2O/c16-15-13(12-5-1-2-6-14(12)17-15)7-9-18-8-3-4-11(18)10-19/h1-2,5-6,11,17,19H,3-4,7-10H2/t11-/m0/s1. The Balaban J connectivity index is 1.76. The van der Waals surface area contributed by atoms with Gasteiger partial charge >= 0.3 is 0 Å². The number of benzene rings is 1. The van der Waals surface area contributed by atoms with Crippen LogP contribution in [0.15, 0.2) is 28.9 Å². The molecule has 0 amide bonds. The molecule has 3 rings (SSSR count). The van der Waals surface area contributed by atoms with E-state index in [2.05, 4.69) is 50.1 Å². The van der Waals surface area contributed by atoms with Crippen molar-refractivity contribution in [3.8, 4) is 0 Å². The van der Waals surface area contributed by atoms with E-state index >= 15 is 0 Å². The molecule has 2 N–H and O–H groups in total. The number of aromatic nitrogens is 1. The lowest BCUT2D eigenvalue weighted by Gasteiger charge is -2.22. The summed E-state index contributed by atoms with van der Waals surface area (Å²) in [5.41, 5.74) is 2.53. The monoisotopic (exact) mass is 322 g/mol. The molecule has 0 aliphatic carbocycles. The van der Waals surface area contributed by atoms with E-state index in [1.165, 1.54) is 22.9 Å². The van der Waals surface area contributed by atoms with Crippen LogP contribution >= 0.6 is 15.9 Å². The van der Waals surface area contributed by atoms with Gasteiger partial charge in [0, 0.05) is 23.5 Å². The van der Waals surface area contributed by atoms with Crippen LogP contribution in [0.5, 0.6) is 0 Å². The van der Waals surface area contributed by atoms with Crippen molar-refractivity contribution in [2.24, 2.45) is 0 Å². The Hall–Kier alpha value is -0.840. The zero-order chi connectivity index (χ0) is 13.2. The maximum Gasteiger partial charge on any atom is 0.0863 e. The van der Waals surface area contributed by atoms with Gasteiger partial charge in [-0.25, -0.2) is 0 Å². The van der Waals surface area contributed by atoms with Crippen molar-refractivity contribution in [2.45, 2.75) is 25.3 Å². The van der Waals surface area contributed by atoms with Gasteiger partial charge in [-0.05, 0) is 53.4 Å². The summed E-state index contributed by atoms with van der Waals surface area (Å²) < 4.78 is 1.09. The molecule has 0 bridgehead atoms. The third-order valence-corrected chi connectivity index (χ3v) is 4.80. The summed E-state index contributed by atoms with van der Waals surface area (Å²) in [5.74, 6) is 0. The molecular formula is C15H19BrN2O. The van der Waals surface area contributed by atoms with E-state index < -0.39 is 0 Å². The van der Waals surface area contributed by atoms with E-state index in [4.69, 9.17) is 0 Å². The number of likely N-dealkylation sites (tertiary alicyclic amines) is 1. The summed E-state index contributed by atoms with van der Waals surface area (Å²) in [6.07, 6.45) is 3.35. The molecule has 1 aromatic heterocycles. The topological polar surface area (TPSA) is 39.3 Å². The largest absolute Gasteiger partial charge is 0.395 e. The summed E-state index contributed by atoms with van der Waals surface area (Å²) >= 11 is 3.63. The van der Waals surface area contributed by atoms with Gasteiger partial charge in [0.1, 0.15) is 0 Å². The minimum atomic E-state index is 0.287. The van der Waals surface area contributed by atoms with Crippen LogP contribution < -0.4 is 0 Å². The van der Waals surface area contributed by atoms with E-state index in [0.717, 1.165) is 30.5 Å². The van der Waals surface area contributed by atoms with Crippen molar-refractivity contribution in [3.63, 3.8) is 0 Å². The molecule has 2 aromatic rings. The minimum absolute atomic E-state index is 0.287. The summed E-state index contributed by atoms with van der Waals surface area (Å²) in [6, 6.07) is 8.77. The fourth-order valence-electron chi connectivity index (χ4n) is 3.06. The number of hydrogen-bond acceptors (Lipinski definition) is 2. The highest BCUT2D eigenvalue weighted by molar-refractivity contribution is 9.10. The predicted molar refractivity (Wildman–Crippen MR) is 81.4 cm³/mol. The third kappa shape index (κ3) is 2.57. The molecule has 0 radical (unpaired) electrons. The van der Waals surface area contributed by atoms with Gasteiger partial charge in [0.25, 0.3) is 0 Å². The Labute approximate surface area is 121 Å². The second kappa shape index (κ2) is 5.65. The van der Waals surface area contributed by atoms with Crippen molar-refractivity contribution in [1.82, 2.24) is 9.88 Å².